The summed E-state index contributed by atoms with van der Waals surface area (Å²) in [4.78, 5) is 8.41. The summed E-state index contributed by atoms with van der Waals surface area (Å²) in [6.07, 6.45) is 12.5. The first-order valence-electron chi connectivity index (χ1n) is 6.59. The molecule has 0 saturated heterocycles. The average molecular weight is 219 g/mol. The normalized spacial score (nSPS) is 10.6. The van der Waals surface area contributed by atoms with Crippen LogP contribution in [0.15, 0.2) is 6.07 Å². The Hall–Kier alpha value is -0.920. The van der Waals surface area contributed by atoms with Gasteiger partial charge in [-0.3, -0.25) is 0 Å². The Morgan fingerprint density at radius 3 is 1.81 bits per heavy atom. The van der Waals surface area contributed by atoms with E-state index in [4.69, 9.17) is 0 Å². The van der Waals surface area contributed by atoms with E-state index in [0.29, 0.717) is 0 Å². The second-order valence-electron chi connectivity index (χ2n) is 4.36. The van der Waals surface area contributed by atoms with Crippen LogP contribution in [0.3, 0.4) is 0 Å². The molecule has 0 saturated carbocycles. The number of aryl methyl sites for hydroxylation is 2. The predicted octanol–water partition coefficient (Wildman–Crippen LogP) is 3.74. The van der Waals surface area contributed by atoms with Gasteiger partial charge in [0.1, 0.15) is 0 Å². The molecule has 1 heterocycles. The van der Waals surface area contributed by atoms with Crippen LogP contribution in [0.1, 0.15) is 63.8 Å². The van der Waals surface area contributed by atoms with Gasteiger partial charge in [-0.25, -0.2) is 9.97 Å². The van der Waals surface area contributed by atoms with Crippen LogP contribution in [-0.4, -0.2) is 9.97 Å². The highest BCUT2D eigenvalue weighted by Crippen LogP contribution is 2.07. The summed E-state index contributed by atoms with van der Waals surface area (Å²) in [5.41, 5.74) is 2.32. The van der Waals surface area contributed by atoms with Crippen LogP contribution in [-0.2, 0) is 12.8 Å². The van der Waals surface area contributed by atoms with Gasteiger partial charge in [-0.1, -0.05) is 39.5 Å². The molecule has 0 fully saturated rings. The minimum Gasteiger partial charge on any atom is -0.230 e. The zero-order valence-electron chi connectivity index (χ0n) is 10.6. The lowest BCUT2D eigenvalue weighted by atomic mass is 10.1. The highest BCUT2D eigenvalue weighted by molar-refractivity contribution is 5.08. The van der Waals surface area contributed by atoms with Crippen molar-refractivity contribution < 1.29 is 0 Å². The molecular weight excluding hydrogens is 196 g/mol. The average Bonchev–Trinajstić information content (AvgIpc) is 2.30. The first-order valence-corrected chi connectivity index (χ1v) is 6.59. The quantitative estimate of drug-likeness (QED) is 0.622. The molecular formula is C14H23N2. The summed E-state index contributed by atoms with van der Waals surface area (Å²) >= 11 is 0. The lowest BCUT2D eigenvalue weighted by molar-refractivity contribution is 0.689. The minimum absolute atomic E-state index is 1.08. The van der Waals surface area contributed by atoms with Crippen LogP contribution in [0, 0.1) is 6.33 Å². The lowest BCUT2D eigenvalue weighted by Gasteiger charge is -2.02. The Kier molecular flexibility index (Phi) is 6.78. The number of unbranched alkanes of at least 4 members (excludes halogenated alkanes) is 4. The smallest absolute Gasteiger partial charge is 0.198 e. The van der Waals surface area contributed by atoms with Crippen LogP contribution in [0.5, 0.6) is 0 Å². The summed E-state index contributed by atoms with van der Waals surface area (Å²) in [5.74, 6) is 0. The van der Waals surface area contributed by atoms with Gasteiger partial charge in [0.05, 0.1) is 0 Å². The molecule has 0 N–H and O–H groups in total. The molecule has 0 aliphatic heterocycles. The first kappa shape index (κ1) is 13.1. The van der Waals surface area contributed by atoms with E-state index in [9.17, 15) is 0 Å². The maximum Gasteiger partial charge on any atom is 0.198 e. The lowest BCUT2D eigenvalue weighted by Crippen LogP contribution is -1.97. The van der Waals surface area contributed by atoms with Crippen molar-refractivity contribution in [3.63, 3.8) is 0 Å². The van der Waals surface area contributed by atoms with E-state index in [1.54, 1.807) is 0 Å². The largest absolute Gasteiger partial charge is 0.230 e. The van der Waals surface area contributed by atoms with Crippen molar-refractivity contribution in [1.82, 2.24) is 9.97 Å². The number of hydrogen-bond donors (Lipinski definition) is 0. The van der Waals surface area contributed by atoms with Crippen molar-refractivity contribution in [2.75, 3.05) is 0 Å². The van der Waals surface area contributed by atoms with Gasteiger partial charge in [0.2, 0.25) is 0 Å². The molecule has 1 rings (SSSR count). The van der Waals surface area contributed by atoms with E-state index in [-0.39, 0.29) is 0 Å². The van der Waals surface area contributed by atoms with Crippen molar-refractivity contribution in [1.29, 1.82) is 0 Å². The summed E-state index contributed by atoms with van der Waals surface area (Å²) in [7, 11) is 0. The third kappa shape index (κ3) is 5.24. The highest BCUT2D eigenvalue weighted by atomic mass is 14.8. The second kappa shape index (κ2) is 8.26. The Balaban J connectivity index is 2.37. The fourth-order valence-electron chi connectivity index (χ4n) is 1.78. The summed E-state index contributed by atoms with van der Waals surface area (Å²) in [5, 5.41) is 0. The van der Waals surface area contributed by atoms with E-state index in [2.05, 4.69) is 36.2 Å². The Labute approximate surface area is 99.5 Å². The van der Waals surface area contributed by atoms with Crippen molar-refractivity contribution in [3.8, 4) is 0 Å². The van der Waals surface area contributed by atoms with E-state index in [1.807, 2.05) is 0 Å². The fraction of sp³-hybridized carbons (Fsp3) is 0.714. The van der Waals surface area contributed by atoms with Crippen molar-refractivity contribution in [2.45, 2.75) is 65.2 Å². The molecule has 0 amide bonds. The van der Waals surface area contributed by atoms with Crippen molar-refractivity contribution >= 4 is 0 Å². The predicted molar refractivity (Wildman–Crippen MR) is 67.3 cm³/mol. The van der Waals surface area contributed by atoms with E-state index in [1.165, 1.54) is 38.5 Å². The van der Waals surface area contributed by atoms with Crippen LogP contribution in [0.2, 0.25) is 0 Å². The zero-order valence-corrected chi connectivity index (χ0v) is 10.6. The van der Waals surface area contributed by atoms with Gasteiger partial charge in [-0.2, -0.15) is 0 Å². The summed E-state index contributed by atoms with van der Waals surface area (Å²) in [6.45, 7) is 4.45. The van der Waals surface area contributed by atoms with Gasteiger partial charge in [0.15, 0.2) is 6.33 Å². The Morgan fingerprint density at radius 2 is 1.38 bits per heavy atom. The SMILES string of the molecule is CCCCCc1cc(CCCCC)n[c]n1. The molecule has 0 aliphatic rings. The number of hydrogen-bond acceptors (Lipinski definition) is 2. The van der Waals surface area contributed by atoms with E-state index in [0.717, 1.165) is 24.2 Å². The fourth-order valence-corrected chi connectivity index (χ4v) is 1.78. The number of aromatic nitrogens is 2. The third-order valence-corrected chi connectivity index (χ3v) is 2.79. The summed E-state index contributed by atoms with van der Waals surface area (Å²) < 4.78 is 0. The molecule has 16 heavy (non-hydrogen) atoms. The molecule has 0 aromatic carbocycles. The van der Waals surface area contributed by atoms with Gasteiger partial charge in [-0.05, 0) is 31.7 Å². The molecule has 1 aromatic heterocycles. The highest BCUT2D eigenvalue weighted by Gasteiger charge is 1.99. The zero-order chi connectivity index (χ0) is 11.6. The minimum atomic E-state index is 1.08. The van der Waals surface area contributed by atoms with Gasteiger partial charge in [0, 0.05) is 11.4 Å². The molecule has 2 nitrogen and oxygen atoms in total. The maximum atomic E-state index is 4.20. The van der Waals surface area contributed by atoms with Crippen molar-refractivity contribution in [2.24, 2.45) is 0 Å². The molecule has 2 heteroatoms. The molecule has 0 aliphatic carbocycles. The van der Waals surface area contributed by atoms with Crippen LogP contribution < -0.4 is 0 Å². The Morgan fingerprint density at radius 1 is 0.875 bits per heavy atom. The molecule has 1 aromatic rings. The Bertz CT molecular complexity index is 259. The van der Waals surface area contributed by atoms with Crippen LogP contribution in [0.4, 0.5) is 0 Å². The molecule has 0 spiro atoms. The molecule has 0 unspecified atom stereocenters. The standard InChI is InChI=1S/C14H23N2/c1-3-5-7-9-13-11-14(16-12-15-13)10-8-6-4-2/h11H,3-10H2,1-2H3. The maximum absolute atomic E-state index is 4.20. The molecule has 0 atom stereocenters. The van der Waals surface area contributed by atoms with Gasteiger partial charge < -0.3 is 0 Å². The second-order valence-corrected chi connectivity index (χ2v) is 4.36. The monoisotopic (exact) mass is 219 g/mol. The van der Waals surface area contributed by atoms with E-state index < -0.39 is 0 Å². The van der Waals surface area contributed by atoms with Gasteiger partial charge >= 0.3 is 0 Å². The third-order valence-electron chi connectivity index (χ3n) is 2.79. The van der Waals surface area contributed by atoms with Crippen molar-refractivity contribution in [3.05, 3.63) is 23.8 Å². The van der Waals surface area contributed by atoms with Gasteiger partial charge in [0.25, 0.3) is 0 Å². The molecule has 1 radical (unpaired) electrons. The molecule has 0 bridgehead atoms. The topological polar surface area (TPSA) is 25.8 Å². The molecule has 89 valence electrons. The first-order chi connectivity index (χ1) is 7.86. The number of rotatable bonds is 8. The van der Waals surface area contributed by atoms with Crippen LogP contribution in [0.25, 0.3) is 0 Å². The van der Waals surface area contributed by atoms with Gasteiger partial charge in [-0.15, -0.1) is 0 Å². The van der Waals surface area contributed by atoms with Crippen LogP contribution >= 0.6 is 0 Å². The number of nitrogens with zero attached hydrogens (tertiary/aromatic N) is 2. The van der Waals surface area contributed by atoms with E-state index >= 15 is 0 Å². The summed E-state index contributed by atoms with van der Waals surface area (Å²) in [6, 6.07) is 2.15.